The molecule has 0 radical (unpaired) electrons. The molecule has 0 aliphatic carbocycles. The van der Waals surface area contributed by atoms with Gasteiger partial charge in [0, 0.05) is 12.1 Å². The van der Waals surface area contributed by atoms with Crippen molar-refractivity contribution >= 4 is 5.69 Å². The van der Waals surface area contributed by atoms with Gasteiger partial charge in [-0.15, -0.1) is 0 Å². The molecule has 0 aromatic heterocycles. The van der Waals surface area contributed by atoms with Crippen LogP contribution in [0, 0.1) is 40.5 Å². The van der Waals surface area contributed by atoms with Crippen LogP contribution in [0.3, 0.4) is 0 Å². The lowest BCUT2D eigenvalue weighted by Gasteiger charge is -2.08. The van der Waals surface area contributed by atoms with Crippen LogP contribution < -0.4 is 0 Å². The van der Waals surface area contributed by atoms with Crippen molar-refractivity contribution in [2.75, 3.05) is 0 Å². The highest BCUT2D eigenvalue weighted by atomic mass is 16.7. The molecule has 0 fully saturated rings. The second-order valence-corrected chi connectivity index (χ2v) is 3.65. The molecule has 1 aromatic carbocycles. The summed E-state index contributed by atoms with van der Waals surface area (Å²) in [5.74, 6) is -3.61. The standard InChI is InChI=1S/C8H6N4O8/c13-9(14)7-3-1-6(2-4-7)5-8(10(15)16,11(17)18)12(19)20/h1-4H,5H2. The fourth-order valence-corrected chi connectivity index (χ4v) is 1.40. The molecule has 0 aliphatic heterocycles. The predicted molar refractivity (Wildman–Crippen MR) is 60.5 cm³/mol. The Balaban J connectivity index is 3.20. The van der Waals surface area contributed by atoms with Gasteiger partial charge in [0.15, 0.2) is 21.2 Å². The summed E-state index contributed by atoms with van der Waals surface area (Å²) in [5, 5.41) is 42.5. The topological polar surface area (TPSA) is 173 Å². The van der Waals surface area contributed by atoms with Crippen molar-refractivity contribution in [3.05, 3.63) is 70.3 Å². The smallest absolute Gasteiger partial charge is 0.258 e. The highest BCUT2D eigenvalue weighted by molar-refractivity contribution is 5.33. The van der Waals surface area contributed by atoms with Crippen LogP contribution in [0.2, 0.25) is 0 Å². The Morgan fingerprint density at radius 2 is 1.20 bits per heavy atom. The molecule has 0 spiro atoms. The Labute approximate surface area is 109 Å². The number of hydrogen-bond acceptors (Lipinski definition) is 8. The summed E-state index contributed by atoms with van der Waals surface area (Å²) >= 11 is 0. The number of nitro groups is 4. The van der Waals surface area contributed by atoms with E-state index < -0.39 is 31.9 Å². The van der Waals surface area contributed by atoms with Gasteiger partial charge in [0.2, 0.25) is 0 Å². The second-order valence-electron chi connectivity index (χ2n) is 3.65. The number of rotatable bonds is 6. The van der Waals surface area contributed by atoms with E-state index in [2.05, 4.69) is 0 Å². The molecule has 106 valence electrons. The first-order valence-corrected chi connectivity index (χ1v) is 4.88. The van der Waals surface area contributed by atoms with Gasteiger partial charge in [-0.05, 0) is 5.56 Å². The van der Waals surface area contributed by atoms with E-state index in [-0.39, 0.29) is 11.3 Å². The fraction of sp³-hybridized carbons (Fsp3) is 0.250. The molecule has 0 saturated heterocycles. The molecule has 12 nitrogen and oxygen atoms in total. The summed E-state index contributed by atoms with van der Waals surface area (Å²) < 4.78 is 0. The normalized spacial score (nSPS) is 10.8. The van der Waals surface area contributed by atoms with Crippen LogP contribution >= 0.6 is 0 Å². The van der Waals surface area contributed by atoms with Crippen LogP contribution in [0.15, 0.2) is 24.3 Å². The number of nitro benzene ring substituents is 1. The van der Waals surface area contributed by atoms with E-state index in [1.54, 1.807) is 0 Å². The summed E-state index contributed by atoms with van der Waals surface area (Å²) in [5.41, 5.74) is -0.483. The third kappa shape index (κ3) is 2.47. The number of nitrogens with zero attached hydrogens (tertiary/aromatic N) is 4. The van der Waals surface area contributed by atoms with Crippen molar-refractivity contribution in [1.82, 2.24) is 0 Å². The van der Waals surface area contributed by atoms with E-state index in [0.29, 0.717) is 0 Å². The van der Waals surface area contributed by atoms with Crippen LogP contribution in [0.1, 0.15) is 5.56 Å². The molecule has 0 unspecified atom stereocenters. The van der Waals surface area contributed by atoms with Crippen LogP contribution in [0.4, 0.5) is 5.69 Å². The molecular formula is C8H6N4O8. The van der Waals surface area contributed by atoms with E-state index >= 15 is 0 Å². The first kappa shape index (κ1) is 14.9. The van der Waals surface area contributed by atoms with Gasteiger partial charge in [-0.3, -0.25) is 40.5 Å². The summed E-state index contributed by atoms with van der Waals surface area (Å²) in [6.07, 6.45) is -1.13. The van der Waals surface area contributed by atoms with E-state index in [1.807, 2.05) is 0 Å². The van der Waals surface area contributed by atoms with Crippen molar-refractivity contribution in [1.29, 1.82) is 0 Å². The minimum atomic E-state index is -3.61. The van der Waals surface area contributed by atoms with Crippen LogP contribution in [0.5, 0.6) is 0 Å². The molecule has 0 N–H and O–H groups in total. The molecule has 0 aliphatic rings. The average molecular weight is 286 g/mol. The molecule has 12 heteroatoms. The summed E-state index contributed by atoms with van der Waals surface area (Å²) in [4.78, 5) is 36.9. The number of non-ortho nitro benzene ring substituents is 1. The molecule has 0 bridgehead atoms. The molecule has 0 amide bonds. The first-order valence-electron chi connectivity index (χ1n) is 4.88. The zero-order chi connectivity index (χ0) is 15.5. The van der Waals surface area contributed by atoms with Gasteiger partial charge >= 0.3 is 5.79 Å². The Hall–Kier alpha value is -3.18. The lowest BCUT2D eigenvalue weighted by Crippen LogP contribution is -2.54. The lowest BCUT2D eigenvalue weighted by molar-refractivity contribution is -0.969. The first-order chi connectivity index (χ1) is 9.21. The van der Waals surface area contributed by atoms with Gasteiger partial charge < -0.3 is 0 Å². The average Bonchev–Trinajstić information content (AvgIpc) is 2.35. The van der Waals surface area contributed by atoms with E-state index in [0.717, 1.165) is 24.3 Å². The molecule has 0 heterocycles. The van der Waals surface area contributed by atoms with Gasteiger partial charge in [-0.1, -0.05) is 12.1 Å². The lowest BCUT2D eigenvalue weighted by atomic mass is 10.1. The molecule has 1 aromatic rings. The van der Waals surface area contributed by atoms with Crippen molar-refractivity contribution in [3.63, 3.8) is 0 Å². The van der Waals surface area contributed by atoms with Crippen molar-refractivity contribution in [2.24, 2.45) is 0 Å². The van der Waals surface area contributed by atoms with Gasteiger partial charge in [0.25, 0.3) is 5.69 Å². The van der Waals surface area contributed by atoms with Crippen molar-refractivity contribution in [3.8, 4) is 0 Å². The zero-order valence-corrected chi connectivity index (χ0v) is 9.57. The quantitative estimate of drug-likeness (QED) is 0.415. The van der Waals surface area contributed by atoms with E-state index in [4.69, 9.17) is 0 Å². The van der Waals surface area contributed by atoms with Gasteiger partial charge in [-0.25, -0.2) is 0 Å². The maximum Gasteiger partial charge on any atom is 0.703 e. The maximum atomic E-state index is 10.7. The summed E-state index contributed by atoms with van der Waals surface area (Å²) in [6.45, 7) is 0. The Bertz CT molecular complexity index is 547. The summed E-state index contributed by atoms with van der Waals surface area (Å²) in [7, 11) is 0. The second kappa shape index (κ2) is 5.21. The molecule has 0 atom stereocenters. The minimum Gasteiger partial charge on any atom is -0.258 e. The monoisotopic (exact) mass is 286 g/mol. The largest absolute Gasteiger partial charge is 0.703 e. The Morgan fingerprint density at radius 1 is 0.800 bits per heavy atom. The number of hydrogen-bond donors (Lipinski definition) is 0. The van der Waals surface area contributed by atoms with Crippen LogP contribution in [0.25, 0.3) is 0 Å². The third-order valence-corrected chi connectivity index (χ3v) is 2.47. The third-order valence-electron chi connectivity index (χ3n) is 2.47. The van der Waals surface area contributed by atoms with Gasteiger partial charge in [0.1, 0.15) is 0 Å². The van der Waals surface area contributed by atoms with Crippen molar-refractivity contribution in [2.45, 2.75) is 12.2 Å². The van der Waals surface area contributed by atoms with Crippen molar-refractivity contribution < 1.29 is 19.7 Å². The highest BCUT2D eigenvalue weighted by Crippen LogP contribution is 2.21. The fourth-order valence-electron chi connectivity index (χ4n) is 1.40. The van der Waals surface area contributed by atoms with E-state index in [1.165, 1.54) is 0 Å². The Morgan fingerprint density at radius 3 is 1.50 bits per heavy atom. The number of benzene rings is 1. The van der Waals surface area contributed by atoms with Crippen LogP contribution in [-0.4, -0.2) is 25.5 Å². The van der Waals surface area contributed by atoms with E-state index in [9.17, 15) is 40.5 Å². The highest BCUT2D eigenvalue weighted by Gasteiger charge is 2.70. The summed E-state index contributed by atoms with van der Waals surface area (Å²) in [6, 6.07) is 3.87. The molecular weight excluding hydrogens is 280 g/mol. The van der Waals surface area contributed by atoms with Gasteiger partial charge in [0.05, 0.1) is 4.92 Å². The predicted octanol–water partition coefficient (Wildman–Crippen LogP) is 0.621. The van der Waals surface area contributed by atoms with Crippen LogP contribution in [-0.2, 0) is 6.42 Å². The molecule has 1 rings (SSSR count). The van der Waals surface area contributed by atoms with Gasteiger partial charge in [-0.2, -0.15) is 0 Å². The SMILES string of the molecule is O=[N+]([O-])c1ccc(CC([N+](=O)[O-])([N+](=O)[O-])[N+](=O)[O-])cc1. The Kier molecular flexibility index (Phi) is 3.88. The molecule has 20 heavy (non-hydrogen) atoms. The zero-order valence-electron chi connectivity index (χ0n) is 9.57. The minimum absolute atomic E-state index is 0.138. The molecule has 0 saturated carbocycles. The maximum absolute atomic E-state index is 10.7.